The fraction of sp³-hybridized carbons (Fsp3) is 0.242. The predicted molar refractivity (Wildman–Crippen MR) is 162 cm³/mol. The molecule has 0 aliphatic heterocycles. The van der Waals surface area contributed by atoms with E-state index in [1.54, 1.807) is 99.6 Å². The predicted octanol–water partition coefficient (Wildman–Crippen LogP) is 4.33. The summed E-state index contributed by atoms with van der Waals surface area (Å²) < 4.78 is 15.7. The number of nitrogens with one attached hydrogen (secondary N) is 1. The van der Waals surface area contributed by atoms with Crippen molar-refractivity contribution in [3.63, 3.8) is 0 Å². The molecule has 10 heteroatoms. The second-order valence-electron chi connectivity index (χ2n) is 9.48. The Morgan fingerprint density at radius 3 is 2.05 bits per heavy atom. The first-order valence-corrected chi connectivity index (χ1v) is 13.7. The van der Waals surface area contributed by atoms with E-state index in [4.69, 9.17) is 25.4 Å². The summed E-state index contributed by atoms with van der Waals surface area (Å²) in [6.07, 6.45) is 1.62. The Kier molecular flexibility index (Phi) is 11.8. The Balaban J connectivity index is 1.78. The topological polar surface area (TPSA) is 149 Å². The molecule has 0 spiro atoms. The number of esters is 3. The first-order valence-electron chi connectivity index (χ1n) is 13.7. The third-order valence-corrected chi connectivity index (χ3v) is 6.33. The van der Waals surface area contributed by atoms with Crippen molar-refractivity contribution in [2.75, 3.05) is 26.3 Å². The Hall–Kier alpha value is -5.25. The van der Waals surface area contributed by atoms with E-state index in [0.717, 1.165) is 0 Å². The minimum atomic E-state index is -0.809. The summed E-state index contributed by atoms with van der Waals surface area (Å²) in [5, 5.41) is 7.45. The number of nitrogens with zero attached hydrogens (tertiary/aromatic N) is 1. The first-order chi connectivity index (χ1) is 20.6. The van der Waals surface area contributed by atoms with Gasteiger partial charge in [-0.25, -0.2) is 4.79 Å². The maximum Gasteiger partial charge on any atom is 0.343 e. The molecule has 3 N–H and O–H groups in total. The van der Waals surface area contributed by atoms with Crippen molar-refractivity contribution in [3.05, 3.63) is 107 Å². The third kappa shape index (κ3) is 9.39. The lowest BCUT2D eigenvalue weighted by Gasteiger charge is -2.26. The van der Waals surface area contributed by atoms with Gasteiger partial charge in [0, 0.05) is 17.7 Å². The molecule has 3 aromatic rings. The van der Waals surface area contributed by atoms with Gasteiger partial charge < -0.3 is 24.8 Å². The van der Waals surface area contributed by atoms with Crippen LogP contribution in [-0.2, 0) is 23.9 Å². The van der Waals surface area contributed by atoms with Gasteiger partial charge in [0.1, 0.15) is 18.1 Å². The quantitative estimate of drug-likeness (QED) is 0.0990. The number of carbonyl (C=O) groups is 4. The van der Waals surface area contributed by atoms with E-state index in [1.165, 1.54) is 4.90 Å². The van der Waals surface area contributed by atoms with Gasteiger partial charge in [0.25, 0.3) is 0 Å². The summed E-state index contributed by atoms with van der Waals surface area (Å²) in [7, 11) is 0. The molecule has 0 bridgehead atoms. The van der Waals surface area contributed by atoms with Crippen LogP contribution in [-0.4, -0.2) is 60.9 Å². The Labute approximate surface area is 250 Å². The average molecular weight is 586 g/mol. The Morgan fingerprint density at radius 1 is 0.860 bits per heavy atom. The zero-order valence-electron chi connectivity index (χ0n) is 24.4. The monoisotopic (exact) mass is 585 g/mol. The lowest BCUT2D eigenvalue weighted by molar-refractivity contribution is -0.151. The van der Waals surface area contributed by atoms with Gasteiger partial charge in [-0.3, -0.25) is 19.8 Å². The van der Waals surface area contributed by atoms with Crippen LogP contribution in [0.3, 0.4) is 0 Å². The Morgan fingerprint density at radius 2 is 1.47 bits per heavy atom. The molecule has 0 aliphatic carbocycles. The molecule has 10 nitrogen and oxygen atoms in total. The molecule has 0 saturated heterocycles. The van der Waals surface area contributed by atoms with Crippen molar-refractivity contribution in [2.45, 2.75) is 26.7 Å². The van der Waals surface area contributed by atoms with E-state index in [-0.39, 0.29) is 32.1 Å². The van der Waals surface area contributed by atoms with Crippen LogP contribution in [0, 0.1) is 5.41 Å². The van der Waals surface area contributed by atoms with Gasteiger partial charge in [-0.15, -0.1) is 0 Å². The lowest BCUT2D eigenvalue weighted by atomic mass is 9.98. The number of rotatable bonds is 13. The number of amidine groups is 1. The van der Waals surface area contributed by atoms with Crippen molar-refractivity contribution in [3.8, 4) is 5.75 Å². The second kappa shape index (κ2) is 15.7. The fourth-order valence-electron chi connectivity index (χ4n) is 4.19. The summed E-state index contributed by atoms with van der Waals surface area (Å²) in [5.74, 6) is -2.74. The van der Waals surface area contributed by atoms with Gasteiger partial charge in [-0.1, -0.05) is 42.5 Å². The van der Waals surface area contributed by atoms with Gasteiger partial charge in [-0.2, -0.15) is 0 Å². The maximum absolute atomic E-state index is 13.6. The van der Waals surface area contributed by atoms with E-state index in [0.29, 0.717) is 33.6 Å². The van der Waals surface area contributed by atoms with Crippen LogP contribution in [0.15, 0.2) is 84.4 Å². The normalized spacial score (nSPS) is 11.7. The van der Waals surface area contributed by atoms with Gasteiger partial charge in [-0.05, 0) is 74.4 Å². The van der Waals surface area contributed by atoms with Crippen LogP contribution in [0.25, 0.3) is 6.08 Å². The SMILES string of the molecule is CCOC(=O)CN(CC(C(=O)OCC)c1ccccc1)C(=O)C(C)=Cc1ccc(C(=O)Oc2ccc(C(=N)N)cc2)cc1. The number of nitrogen functional groups attached to an aromatic ring is 1. The summed E-state index contributed by atoms with van der Waals surface area (Å²) in [5.41, 5.74) is 7.85. The van der Waals surface area contributed by atoms with Gasteiger partial charge in [0.05, 0.1) is 24.7 Å². The minimum Gasteiger partial charge on any atom is -0.465 e. The average Bonchev–Trinajstić information content (AvgIpc) is 3.00. The van der Waals surface area contributed by atoms with Gasteiger partial charge in [0.2, 0.25) is 5.91 Å². The molecule has 1 amide bonds. The number of benzene rings is 3. The second-order valence-corrected chi connectivity index (χ2v) is 9.48. The number of carbonyl (C=O) groups excluding carboxylic acids is 4. The highest BCUT2D eigenvalue weighted by Gasteiger charge is 2.29. The highest BCUT2D eigenvalue weighted by atomic mass is 16.5. The van der Waals surface area contributed by atoms with Crippen molar-refractivity contribution in [1.82, 2.24) is 4.90 Å². The number of hydrogen-bond donors (Lipinski definition) is 2. The van der Waals surface area contributed by atoms with Crippen LogP contribution in [0.5, 0.6) is 5.75 Å². The molecule has 0 saturated carbocycles. The van der Waals surface area contributed by atoms with E-state index < -0.39 is 29.7 Å². The molecule has 43 heavy (non-hydrogen) atoms. The largest absolute Gasteiger partial charge is 0.465 e. The molecule has 0 radical (unpaired) electrons. The number of hydrogen-bond acceptors (Lipinski definition) is 8. The molecule has 0 aromatic heterocycles. The molecule has 0 heterocycles. The molecule has 0 fully saturated rings. The molecule has 1 atom stereocenters. The van der Waals surface area contributed by atoms with Crippen molar-refractivity contribution in [1.29, 1.82) is 5.41 Å². The van der Waals surface area contributed by atoms with Gasteiger partial charge in [0.15, 0.2) is 0 Å². The van der Waals surface area contributed by atoms with Crippen molar-refractivity contribution >= 4 is 35.7 Å². The maximum atomic E-state index is 13.6. The zero-order chi connectivity index (χ0) is 31.4. The van der Waals surface area contributed by atoms with Crippen molar-refractivity contribution in [2.24, 2.45) is 5.73 Å². The molecular weight excluding hydrogens is 550 g/mol. The fourth-order valence-corrected chi connectivity index (χ4v) is 4.19. The molecule has 3 rings (SSSR count). The Bertz CT molecular complexity index is 1470. The summed E-state index contributed by atoms with van der Waals surface area (Å²) in [6.45, 7) is 4.85. The van der Waals surface area contributed by atoms with Crippen LogP contribution in [0.1, 0.15) is 53.7 Å². The number of ether oxygens (including phenoxy) is 3. The molecule has 3 aromatic carbocycles. The smallest absolute Gasteiger partial charge is 0.343 e. The van der Waals surface area contributed by atoms with Crippen LogP contribution in [0.4, 0.5) is 0 Å². The number of amides is 1. The zero-order valence-corrected chi connectivity index (χ0v) is 24.4. The number of nitrogens with two attached hydrogens (primary N) is 1. The molecule has 224 valence electrons. The third-order valence-electron chi connectivity index (χ3n) is 6.33. The van der Waals surface area contributed by atoms with Gasteiger partial charge >= 0.3 is 17.9 Å². The summed E-state index contributed by atoms with van der Waals surface area (Å²) in [6, 6.07) is 21.6. The highest BCUT2D eigenvalue weighted by molar-refractivity contribution is 5.99. The highest BCUT2D eigenvalue weighted by Crippen LogP contribution is 2.21. The van der Waals surface area contributed by atoms with E-state index in [2.05, 4.69) is 0 Å². The molecule has 1 unspecified atom stereocenters. The standard InChI is InChI=1S/C33H35N3O7/c1-4-41-29(37)21-36(20-28(33(40)42-5-2)24-9-7-6-8-10-24)31(38)22(3)19-23-11-13-26(14-12-23)32(39)43-27-17-15-25(16-18-27)30(34)35/h6-19,28H,4-5,20-21H2,1-3H3,(H3,34,35). The first kappa shape index (κ1) is 32.3. The van der Waals surface area contributed by atoms with Crippen LogP contribution < -0.4 is 10.5 Å². The van der Waals surface area contributed by atoms with Crippen molar-refractivity contribution < 1.29 is 33.4 Å². The minimum absolute atomic E-state index is 0.0886. The van der Waals surface area contributed by atoms with E-state index >= 15 is 0 Å². The summed E-state index contributed by atoms with van der Waals surface area (Å²) in [4.78, 5) is 52.8. The summed E-state index contributed by atoms with van der Waals surface area (Å²) >= 11 is 0. The molecule has 0 aliphatic rings. The lowest BCUT2D eigenvalue weighted by Crippen LogP contribution is -2.41. The van der Waals surface area contributed by atoms with Crippen LogP contribution in [0.2, 0.25) is 0 Å². The van der Waals surface area contributed by atoms with Crippen LogP contribution >= 0.6 is 0 Å². The van der Waals surface area contributed by atoms with E-state index in [9.17, 15) is 19.2 Å². The molecular formula is C33H35N3O7. The van der Waals surface area contributed by atoms with E-state index in [1.807, 2.05) is 6.07 Å².